The molecule has 0 spiro atoms. The van der Waals surface area contributed by atoms with Crippen molar-refractivity contribution in [1.82, 2.24) is 10.2 Å². The first kappa shape index (κ1) is 16.2. The summed E-state index contributed by atoms with van der Waals surface area (Å²) in [4.78, 5) is 13.3. The Balaban J connectivity index is 2.37. The van der Waals surface area contributed by atoms with Gasteiger partial charge in [0, 0.05) is 13.1 Å². The van der Waals surface area contributed by atoms with E-state index in [4.69, 9.17) is 9.84 Å². The maximum absolute atomic E-state index is 12.7. The number of aliphatic hydroxyl groups is 1. The maximum atomic E-state index is 12.7. The highest BCUT2D eigenvalue weighted by Gasteiger charge is 2.12. The predicted octanol–water partition coefficient (Wildman–Crippen LogP) is 1.62. The van der Waals surface area contributed by atoms with Gasteiger partial charge in [0.05, 0.1) is 13.2 Å². The standard InChI is InChI=1S/C14H21FN2O3/c1-3-17(8-9-18)14(19)16-10-11(2)20-13-6-4-12(15)5-7-13/h4-7,11,18H,3,8-10H2,1-2H3,(H,16,19). The third-order valence-electron chi connectivity index (χ3n) is 2.73. The predicted molar refractivity (Wildman–Crippen MR) is 74.2 cm³/mol. The fraction of sp³-hybridized carbons (Fsp3) is 0.500. The van der Waals surface area contributed by atoms with Crippen LogP contribution in [0.15, 0.2) is 24.3 Å². The highest BCUT2D eigenvalue weighted by molar-refractivity contribution is 5.74. The van der Waals surface area contributed by atoms with Gasteiger partial charge in [0.25, 0.3) is 0 Å². The zero-order valence-corrected chi connectivity index (χ0v) is 11.8. The van der Waals surface area contributed by atoms with Gasteiger partial charge in [-0.25, -0.2) is 9.18 Å². The van der Waals surface area contributed by atoms with Gasteiger partial charge < -0.3 is 20.1 Å². The van der Waals surface area contributed by atoms with E-state index in [1.165, 1.54) is 29.2 Å². The number of urea groups is 1. The van der Waals surface area contributed by atoms with E-state index in [1.54, 1.807) is 0 Å². The van der Waals surface area contributed by atoms with Gasteiger partial charge in [0.1, 0.15) is 17.7 Å². The Morgan fingerprint density at radius 3 is 2.65 bits per heavy atom. The van der Waals surface area contributed by atoms with Crippen molar-refractivity contribution in [3.8, 4) is 5.75 Å². The monoisotopic (exact) mass is 284 g/mol. The second-order valence-corrected chi connectivity index (χ2v) is 4.37. The van der Waals surface area contributed by atoms with Gasteiger partial charge in [-0.3, -0.25) is 0 Å². The summed E-state index contributed by atoms with van der Waals surface area (Å²) in [5.41, 5.74) is 0. The molecule has 1 rings (SSSR count). The van der Waals surface area contributed by atoms with Gasteiger partial charge in [-0.15, -0.1) is 0 Å². The summed E-state index contributed by atoms with van der Waals surface area (Å²) in [6, 6.07) is 5.48. The van der Waals surface area contributed by atoms with Crippen molar-refractivity contribution in [3.63, 3.8) is 0 Å². The van der Waals surface area contributed by atoms with Crippen LogP contribution in [0.1, 0.15) is 13.8 Å². The summed E-state index contributed by atoms with van der Waals surface area (Å²) in [6.07, 6.45) is -0.239. The normalized spacial score (nSPS) is 11.8. The number of rotatable bonds is 7. The van der Waals surface area contributed by atoms with Crippen LogP contribution in [0.2, 0.25) is 0 Å². The molecule has 2 amide bonds. The molecule has 1 aromatic carbocycles. The quantitative estimate of drug-likeness (QED) is 0.800. The molecule has 0 saturated heterocycles. The lowest BCUT2D eigenvalue weighted by Gasteiger charge is -2.22. The fourth-order valence-electron chi connectivity index (χ4n) is 1.65. The number of carbonyl (C=O) groups excluding carboxylic acids is 1. The molecule has 0 saturated carbocycles. The lowest BCUT2D eigenvalue weighted by molar-refractivity contribution is 0.170. The summed E-state index contributed by atoms with van der Waals surface area (Å²) in [6.45, 7) is 4.75. The van der Waals surface area contributed by atoms with Crippen LogP contribution in [0.4, 0.5) is 9.18 Å². The molecular weight excluding hydrogens is 263 g/mol. The van der Waals surface area contributed by atoms with Crippen LogP contribution >= 0.6 is 0 Å². The zero-order valence-electron chi connectivity index (χ0n) is 11.8. The van der Waals surface area contributed by atoms with Crippen LogP contribution in [0.25, 0.3) is 0 Å². The molecule has 1 unspecified atom stereocenters. The van der Waals surface area contributed by atoms with Gasteiger partial charge in [-0.2, -0.15) is 0 Å². The number of hydrogen-bond acceptors (Lipinski definition) is 3. The average Bonchev–Trinajstić information content (AvgIpc) is 2.44. The van der Waals surface area contributed by atoms with Gasteiger partial charge in [0.2, 0.25) is 0 Å². The van der Waals surface area contributed by atoms with Crippen LogP contribution in [-0.4, -0.2) is 48.4 Å². The Hall–Kier alpha value is -1.82. The van der Waals surface area contributed by atoms with E-state index in [9.17, 15) is 9.18 Å². The SMILES string of the molecule is CCN(CCO)C(=O)NCC(C)Oc1ccc(F)cc1. The minimum atomic E-state index is -0.319. The van der Waals surface area contributed by atoms with E-state index in [2.05, 4.69) is 5.32 Å². The number of halogens is 1. The molecule has 2 N–H and O–H groups in total. The molecule has 0 radical (unpaired) electrons. The zero-order chi connectivity index (χ0) is 15.0. The maximum Gasteiger partial charge on any atom is 0.317 e. The number of amides is 2. The van der Waals surface area contributed by atoms with Gasteiger partial charge >= 0.3 is 6.03 Å². The average molecular weight is 284 g/mol. The van der Waals surface area contributed by atoms with Crippen LogP contribution in [0.3, 0.4) is 0 Å². The first-order valence-corrected chi connectivity index (χ1v) is 6.62. The summed E-state index contributed by atoms with van der Waals surface area (Å²) >= 11 is 0. The Morgan fingerprint density at radius 1 is 1.45 bits per heavy atom. The molecule has 0 fully saturated rings. The van der Waals surface area contributed by atoms with Gasteiger partial charge in [-0.1, -0.05) is 0 Å². The molecule has 0 aliphatic rings. The van der Waals surface area contributed by atoms with E-state index in [0.717, 1.165) is 0 Å². The summed E-state index contributed by atoms with van der Waals surface area (Å²) in [5.74, 6) is 0.233. The fourth-order valence-corrected chi connectivity index (χ4v) is 1.65. The van der Waals surface area contributed by atoms with Crippen molar-refractivity contribution < 1.29 is 19.0 Å². The third kappa shape index (κ3) is 5.44. The summed E-state index contributed by atoms with van der Waals surface area (Å²) < 4.78 is 18.3. The Morgan fingerprint density at radius 2 is 2.10 bits per heavy atom. The summed E-state index contributed by atoms with van der Waals surface area (Å²) in [7, 11) is 0. The molecular formula is C14H21FN2O3. The van der Waals surface area contributed by atoms with Crippen LogP contribution in [-0.2, 0) is 0 Å². The number of benzene rings is 1. The molecule has 20 heavy (non-hydrogen) atoms. The Kier molecular flexibility index (Phi) is 6.79. The molecule has 0 aliphatic heterocycles. The number of likely N-dealkylation sites (N-methyl/N-ethyl adjacent to an activating group) is 1. The van der Waals surface area contributed by atoms with Crippen molar-refractivity contribution in [2.75, 3.05) is 26.2 Å². The highest BCUT2D eigenvalue weighted by Crippen LogP contribution is 2.12. The Bertz CT molecular complexity index is 411. The molecule has 0 bridgehead atoms. The molecule has 0 aromatic heterocycles. The number of ether oxygens (including phenoxy) is 1. The van der Waals surface area contributed by atoms with Gasteiger partial charge in [0.15, 0.2) is 0 Å². The minimum absolute atomic E-state index is 0.0666. The van der Waals surface area contributed by atoms with Gasteiger partial charge in [-0.05, 0) is 38.1 Å². The van der Waals surface area contributed by atoms with Crippen LogP contribution < -0.4 is 10.1 Å². The second kappa shape index (κ2) is 8.37. The number of aliphatic hydroxyl groups excluding tert-OH is 1. The minimum Gasteiger partial charge on any atom is -0.489 e. The van der Waals surface area contributed by atoms with Crippen molar-refractivity contribution in [2.24, 2.45) is 0 Å². The number of hydrogen-bond donors (Lipinski definition) is 2. The lowest BCUT2D eigenvalue weighted by Crippen LogP contribution is -2.44. The van der Waals surface area contributed by atoms with Crippen LogP contribution in [0, 0.1) is 5.82 Å². The number of nitrogens with zero attached hydrogens (tertiary/aromatic N) is 1. The Labute approximate surface area is 118 Å². The van der Waals surface area contributed by atoms with E-state index >= 15 is 0 Å². The molecule has 5 nitrogen and oxygen atoms in total. The highest BCUT2D eigenvalue weighted by atomic mass is 19.1. The van der Waals surface area contributed by atoms with Crippen LogP contribution in [0.5, 0.6) is 5.75 Å². The third-order valence-corrected chi connectivity index (χ3v) is 2.73. The molecule has 6 heteroatoms. The lowest BCUT2D eigenvalue weighted by atomic mass is 10.3. The first-order valence-electron chi connectivity index (χ1n) is 6.62. The smallest absolute Gasteiger partial charge is 0.317 e. The van der Waals surface area contributed by atoms with Crippen molar-refractivity contribution in [3.05, 3.63) is 30.1 Å². The van der Waals surface area contributed by atoms with E-state index in [1.807, 2.05) is 13.8 Å². The summed E-state index contributed by atoms with van der Waals surface area (Å²) in [5, 5.41) is 11.6. The second-order valence-electron chi connectivity index (χ2n) is 4.37. The van der Waals surface area contributed by atoms with Crippen molar-refractivity contribution in [1.29, 1.82) is 0 Å². The first-order chi connectivity index (χ1) is 9.56. The molecule has 0 aliphatic carbocycles. The molecule has 1 atom stereocenters. The van der Waals surface area contributed by atoms with E-state index in [0.29, 0.717) is 25.4 Å². The molecule has 112 valence electrons. The molecule has 1 aromatic rings. The van der Waals surface area contributed by atoms with E-state index in [-0.39, 0.29) is 24.6 Å². The topological polar surface area (TPSA) is 61.8 Å². The van der Waals surface area contributed by atoms with Crippen molar-refractivity contribution >= 4 is 6.03 Å². The van der Waals surface area contributed by atoms with Crippen molar-refractivity contribution in [2.45, 2.75) is 20.0 Å². The largest absolute Gasteiger partial charge is 0.489 e. The van der Waals surface area contributed by atoms with E-state index < -0.39 is 0 Å². The molecule has 0 heterocycles. The number of nitrogens with one attached hydrogen (secondary N) is 1. The number of carbonyl (C=O) groups is 1.